The van der Waals surface area contributed by atoms with Gasteiger partial charge in [0.05, 0.1) is 0 Å². The quantitative estimate of drug-likeness (QED) is 0.938. The van der Waals surface area contributed by atoms with Gasteiger partial charge in [-0.1, -0.05) is 0 Å². The molecule has 2 heterocycles. The molecule has 0 bridgehead atoms. The average Bonchev–Trinajstić information content (AvgIpc) is 2.78. The summed E-state index contributed by atoms with van der Waals surface area (Å²) in [5.74, 6) is 0.369. The van der Waals surface area contributed by atoms with Gasteiger partial charge in [-0.15, -0.1) is 0 Å². The van der Waals surface area contributed by atoms with E-state index < -0.39 is 11.9 Å². The molecule has 0 aromatic carbocycles. The first-order chi connectivity index (χ1) is 8.91. The molecular weight excluding hydrogens is 325 g/mol. The van der Waals surface area contributed by atoms with Gasteiger partial charge >= 0.3 is 6.18 Å². The number of nitrogens with zero attached hydrogens (tertiary/aromatic N) is 3. The highest BCUT2D eigenvalue weighted by molar-refractivity contribution is 9.10. The van der Waals surface area contributed by atoms with Gasteiger partial charge < -0.3 is 5.32 Å². The largest absolute Gasteiger partial charge is 0.435 e. The van der Waals surface area contributed by atoms with Gasteiger partial charge in [-0.05, 0) is 35.1 Å². The second kappa shape index (κ2) is 5.30. The van der Waals surface area contributed by atoms with Crippen LogP contribution >= 0.6 is 15.9 Å². The molecule has 0 fully saturated rings. The van der Waals surface area contributed by atoms with Crippen LogP contribution in [0.3, 0.4) is 0 Å². The molecule has 0 radical (unpaired) electrons. The predicted molar refractivity (Wildman–Crippen MR) is 66.8 cm³/mol. The van der Waals surface area contributed by atoms with Crippen molar-refractivity contribution in [1.82, 2.24) is 20.1 Å². The Kier molecular flexibility index (Phi) is 3.91. The monoisotopic (exact) mass is 334 g/mol. The third kappa shape index (κ3) is 3.13. The zero-order valence-electron chi connectivity index (χ0n) is 9.87. The van der Waals surface area contributed by atoms with Crippen molar-refractivity contribution in [1.29, 1.82) is 0 Å². The van der Waals surface area contributed by atoms with Gasteiger partial charge in [0.1, 0.15) is 0 Å². The zero-order valence-corrected chi connectivity index (χ0v) is 11.5. The van der Waals surface area contributed by atoms with Crippen molar-refractivity contribution in [3.63, 3.8) is 0 Å². The van der Waals surface area contributed by atoms with Crippen LogP contribution in [0.1, 0.15) is 11.3 Å². The van der Waals surface area contributed by atoms with Gasteiger partial charge in [0.25, 0.3) is 0 Å². The van der Waals surface area contributed by atoms with Gasteiger partial charge in [0, 0.05) is 29.0 Å². The van der Waals surface area contributed by atoms with Crippen LogP contribution in [0.4, 0.5) is 13.2 Å². The van der Waals surface area contributed by atoms with E-state index in [1.165, 1.54) is 12.4 Å². The molecule has 0 aliphatic rings. The van der Waals surface area contributed by atoms with E-state index in [9.17, 15) is 13.2 Å². The van der Waals surface area contributed by atoms with Gasteiger partial charge in [-0.2, -0.15) is 18.3 Å². The fourth-order valence-electron chi connectivity index (χ4n) is 1.59. The normalized spacial score (nSPS) is 11.8. The highest BCUT2D eigenvalue weighted by Gasteiger charge is 2.33. The lowest BCUT2D eigenvalue weighted by molar-refractivity contribution is -0.141. The summed E-state index contributed by atoms with van der Waals surface area (Å²) in [6.45, 7) is 0.475. The maximum absolute atomic E-state index is 12.5. The lowest BCUT2D eigenvalue weighted by Gasteiger charge is -2.09. The van der Waals surface area contributed by atoms with Crippen LogP contribution in [-0.2, 0) is 12.7 Å². The first-order valence-corrected chi connectivity index (χ1v) is 6.13. The van der Waals surface area contributed by atoms with Crippen molar-refractivity contribution < 1.29 is 13.2 Å². The summed E-state index contributed by atoms with van der Waals surface area (Å²) in [6, 6.07) is 2.71. The molecule has 2 aromatic heterocycles. The van der Waals surface area contributed by atoms with E-state index in [1.807, 2.05) is 0 Å². The lowest BCUT2D eigenvalue weighted by Crippen LogP contribution is -2.12. The van der Waals surface area contributed by atoms with Gasteiger partial charge in [-0.25, -0.2) is 9.67 Å². The summed E-state index contributed by atoms with van der Waals surface area (Å²) < 4.78 is 39.4. The number of pyridine rings is 1. The van der Waals surface area contributed by atoms with Crippen LogP contribution in [0.25, 0.3) is 5.82 Å². The Morgan fingerprint density at radius 1 is 1.42 bits per heavy atom. The van der Waals surface area contributed by atoms with E-state index in [0.29, 0.717) is 12.4 Å². The molecule has 0 aliphatic heterocycles. The van der Waals surface area contributed by atoms with Crippen molar-refractivity contribution in [2.75, 3.05) is 7.05 Å². The molecule has 4 nitrogen and oxygen atoms in total. The molecule has 0 atom stereocenters. The fraction of sp³-hybridized carbons (Fsp3) is 0.273. The molecule has 0 saturated carbocycles. The van der Waals surface area contributed by atoms with Crippen LogP contribution in [0.15, 0.2) is 29.0 Å². The average molecular weight is 335 g/mol. The van der Waals surface area contributed by atoms with Gasteiger partial charge in [0.2, 0.25) is 0 Å². The maximum Gasteiger partial charge on any atom is 0.435 e. The van der Waals surface area contributed by atoms with Crippen molar-refractivity contribution in [2.24, 2.45) is 0 Å². The molecule has 0 amide bonds. The Hall–Kier alpha value is -1.41. The maximum atomic E-state index is 12.5. The number of nitrogens with one attached hydrogen (secondary N) is 1. The summed E-state index contributed by atoms with van der Waals surface area (Å²) in [6.07, 6.45) is -1.69. The minimum absolute atomic E-state index is 0.369. The van der Waals surface area contributed by atoms with Crippen molar-refractivity contribution in [2.45, 2.75) is 12.7 Å². The summed E-state index contributed by atoms with van der Waals surface area (Å²) in [7, 11) is 1.74. The Balaban J connectivity index is 2.44. The van der Waals surface area contributed by atoms with E-state index in [1.54, 1.807) is 13.1 Å². The lowest BCUT2D eigenvalue weighted by atomic mass is 10.2. The summed E-state index contributed by atoms with van der Waals surface area (Å²) in [4.78, 5) is 4.11. The molecule has 2 aromatic rings. The molecular formula is C11H10BrF3N4. The van der Waals surface area contributed by atoms with Crippen LogP contribution in [0.2, 0.25) is 0 Å². The van der Waals surface area contributed by atoms with Crippen LogP contribution < -0.4 is 5.32 Å². The van der Waals surface area contributed by atoms with Crippen LogP contribution in [-0.4, -0.2) is 21.8 Å². The Morgan fingerprint density at radius 3 is 2.74 bits per heavy atom. The molecule has 19 heavy (non-hydrogen) atoms. The molecule has 8 heteroatoms. The smallest absolute Gasteiger partial charge is 0.316 e. The van der Waals surface area contributed by atoms with E-state index in [0.717, 1.165) is 20.8 Å². The molecule has 1 N–H and O–H groups in total. The highest BCUT2D eigenvalue weighted by atomic mass is 79.9. The molecule has 0 unspecified atom stereocenters. The Labute approximate surface area is 115 Å². The van der Waals surface area contributed by atoms with E-state index in [-0.39, 0.29) is 0 Å². The van der Waals surface area contributed by atoms with Crippen molar-refractivity contribution in [3.8, 4) is 5.82 Å². The molecule has 0 aliphatic carbocycles. The first-order valence-electron chi connectivity index (χ1n) is 5.34. The molecule has 0 spiro atoms. The van der Waals surface area contributed by atoms with Gasteiger partial charge in [-0.3, -0.25) is 0 Å². The number of alkyl halides is 3. The minimum atomic E-state index is -4.45. The topological polar surface area (TPSA) is 42.7 Å². The second-order valence-corrected chi connectivity index (χ2v) is 4.73. The van der Waals surface area contributed by atoms with Crippen LogP contribution in [0.5, 0.6) is 0 Å². The second-order valence-electron chi connectivity index (χ2n) is 3.81. The zero-order chi connectivity index (χ0) is 14.0. The van der Waals surface area contributed by atoms with Crippen molar-refractivity contribution >= 4 is 15.9 Å². The first kappa shape index (κ1) is 14.0. The number of rotatable bonds is 3. The number of aromatic nitrogens is 3. The van der Waals surface area contributed by atoms with E-state index >= 15 is 0 Å². The number of halogens is 4. The van der Waals surface area contributed by atoms with E-state index in [2.05, 4.69) is 31.3 Å². The fourth-order valence-corrected chi connectivity index (χ4v) is 1.97. The minimum Gasteiger partial charge on any atom is -0.316 e. The molecule has 0 saturated heterocycles. The van der Waals surface area contributed by atoms with E-state index in [4.69, 9.17) is 0 Å². The number of hydrogen-bond acceptors (Lipinski definition) is 3. The summed E-state index contributed by atoms with van der Waals surface area (Å²) in [5.41, 5.74) is -0.193. The predicted octanol–water partition coefficient (Wildman–Crippen LogP) is 2.77. The van der Waals surface area contributed by atoms with Crippen molar-refractivity contribution in [3.05, 3.63) is 40.3 Å². The molecule has 102 valence electrons. The number of hydrogen-bond donors (Lipinski definition) is 1. The third-order valence-corrected chi connectivity index (χ3v) is 2.81. The summed E-state index contributed by atoms with van der Waals surface area (Å²) >= 11 is 3.28. The van der Waals surface area contributed by atoms with Crippen LogP contribution in [0, 0.1) is 0 Å². The van der Waals surface area contributed by atoms with Gasteiger partial charge in [0.15, 0.2) is 11.5 Å². The highest BCUT2D eigenvalue weighted by Crippen LogP contribution is 2.28. The Morgan fingerprint density at radius 2 is 2.16 bits per heavy atom. The SMILES string of the molecule is CNCc1cc(Br)cnc1-n1ccc(C(F)(F)F)n1. The summed E-state index contributed by atoms with van der Waals surface area (Å²) in [5, 5.41) is 6.44. The standard InChI is InChI=1S/C11H10BrF3N4/c1-16-5-7-4-8(12)6-17-10(7)19-3-2-9(18-19)11(13,14)15/h2-4,6,16H,5H2,1H3. The molecule has 2 rings (SSSR count). The third-order valence-electron chi connectivity index (χ3n) is 2.37. The Bertz CT molecular complexity index is 580.